The van der Waals surface area contributed by atoms with Gasteiger partial charge in [-0.05, 0) is 25.0 Å². The van der Waals surface area contributed by atoms with Gasteiger partial charge in [0.2, 0.25) is 0 Å². The SMILES string of the molecule is Clc1cc(Br)cc2[nH]c(C3CC3)nc12. The zero-order valence-corrected chi connectivity index (χ0v) is 9.69. The van der Waals surface area contributed by atoms with Crippen LogP contribution in [-0.4, -0.2) is 9.97 Å². The highest BCUT2D eigenvalue weighted by Gasteiger charge is 2.27. The third-order valence-corrected chi connectivity index (χ3v) is 3.23. The Morgan fingerprint density at radius 2 is 2.21 bits per heavy atom. The normalized spacial score (nSPS) is 16.4. The van der Waals surface area contributed by atoms with Crippen molar-refractivity contribution >= 4 is 38.6 Å². The van der Waals surface area contributed by atoms with E-state index in [1.165, 1.54) is 12.8 Å². The average molecular weight is 272 g/mol. The molecule has 1 fully saturated rings. The summed E-state index contributed by atoms with van der Waals surface area (Å²) in [5.41, 5.74) is 1.91. The topological polar surface area (TPSA) is 28.7 Å². The minimum absolute atomic E-state index is 0.636. The zero-order valence-electron chi connectivity index (χ0n) is 7.35. The lowest BCUT2D eigenvalue weighted by Gasteiger charge is -1.92. The van der Waals surface area contributed by atoms with Crippen LogP contribution in [0.5, 0.6) is 0 Å². The van der Waals surface area contributed by atoms with Gasteiger partial charge in [0.05, 0.1) is 10.5 Å². The lowest BCUT2D eigenvalue weighted by atomic mass is 10.3. The first kappa shape index (κ1) is 8.74. The summed E-state index contributed by atoms with van der Waals surface area (Å²) in [4.78, 5) is 7.82. The van der Waals surface area contributed by atoms with Crippen molar-refractivity contribution in [3.05, 3.63) is 27.5 Å². The highest BCUT2D eigenvalue weighted by Crippen LogP contribution is 2.40. The Morgan fingerprint density at radius 3 is 2.93 bits per heavy atom. The van der Waals surface area contributed by atoms with E-state index < -0.39 is 0 Å². The number of aromatic nitrogens is 2. The van der Waals surface area contributed by atoms with Crippen LogP contribution in [0.4, 0.5) is 0 Å². The summed E-state index contributed by atoms with van der Waals surface area (Å²) < 4.78 is 0.987. The molecule has 0 saturated heterocycles. The molecule has 0 spiro atoms. The first-order valence-electron chi connectivity index (χ1n) is 4.59. The number of nitrogens with one attached hydrogen (secondary N) is 1. The molecule has 2 nitrogen and oxygen atoms in total. The van der Waals surface area contributed by atoms with Crippen LogP contribution < -0.4 is 0 Å². The molecule has 0 bridgehead atoms. The molecule has 4 heteroatoms. The van der Waals surface area contributed by atoms with Crippen molar-refractivity contribution in [2.45, 2.75) is 18.8 Å². The first-order chi connectivity index (χ1) is 6.74. The van der Waals surface area contributed by atoms with Gasteiger partial charge in [-0.1, -0.05) is 27.5 Å². The molecule has 1 aliphatic carbocycles. The lowest BCUT2D eigenvalue weighted by molar-refractivity contribution is 0.986. The molecule has 1 aliphatic rings. The number of aromatic amines is 1. The standard InChI is InChI=1S/C10H8BrClN2/c11-6-3-7(12)9-8(4-6)13-10(14-9)5-1-2-5/h3-5H,1-2H2,(H,13,14). The van der Waals surface area contributed by atoms with Crippen LogP contribution in [-0.2, 0) is 0 Å². The summed E-state index contributed by atoms with van der Waals surface area (Å²) >= 11 is 9.50. The molecular formula is C10H8BrClN2. The third-order valence-electron chi connectivity index (χ3n) is 2.49. The monoisotopic (exact) mass is 270 g/mol. The maximum absolute atomic E-state index is 6.09. The number of rotatable bonds is 1. The zero-order chi connectivity index (χ0) is 9.71. The van der Waals surface area contributed by atoms with Gasteiger partial charge in [0.15, 0.2) is 0 Å². The summed E-state index contributed by atoms with van der Waals surface area (Å²) in [5, 5.41) is 0.706. The van der Waals surface area contributed by atoms with E-state index >= 15 is 0 Å². The fourth-order valence-electron chi connectivity index (χ4n) is 1.61. The smallest absolute Gasteiger partial charge is 0.110 e. The molecule has 3 rings (SSSR count). The van der Waals surface area contributed by atoms with Crippen molar-refractivity contribution in [2.75, 3.05) is 0 Å². The van der Waals surface area contributed by atoms with Crippen molar-refractivity contribution < 1.29 is 0 Å². The van der Waals surface area contributed by atoms with Crippen LogP contribution in [0, 0.1) is 0 Å². The van der Waals surface area contributed by atoms with Gasteiger partial charge >= 0.3 is 0 Å². The number of benzene rings is 1. The van der Waals surface area contributed by atoms with Crippen molar-refractivity contribution in [3.8, 4) is 0 Å². The molecular weight excluding hydrogens is 263 g/mol. The number of halogens is 2. The molecule has 1 heterocycles. The van der Waals surface area contributed by atoms with Gasteiger partial charge in [-0.25, -0.2) is 4.98 Å². The lowest BCUT2D eigenvalue weighted by Crippen LogP contribution is -1.79. The van der Waals surface area contributed by atoms with Gasteiger partial charge in [-0.3, -0.25) is 0 Å². The maximum atomic E-state index is 6.09. The van der Waals surface area contributed by atoms with Crippen molar-refractivity contribution in [1.82, 2.24) is 9.97 Å². The van der Waals surface area contributed by atoms with Crippen LogP contribution in [0.3, 0.4) is 0 Å². The first-order valence-corrected chi connectivity index (χ1v) is 5.76. The van der Waals surface area contributed by atoms with E-state index in [-0.39, 0.29) is 0 Å². The molecule has 14 heavy (non-hydrogen) atoms. The van der Waals surface area contributed by atoms with Crippen molar-refractivity contribution in [1.29, 1.82) is 0 Å². The van der Waals surface area contributed by atoms with E-state index in [9.17, 15) is 0 Å². The van der Waals surface area contributed by atoms with Crippen LogP contribution in [0.25, 0.3) is 11.0 Å². The van der Waals surface area contributed by atoms with Gasteiger partial charge in [0, 0.05) is 10.4 Å². The Balaban J connectivity index is 2.26. The fourth-order valence-corrected chi connectivity index (χ4v) is 2.46. The molecule has 0 radical (unpaired) electrons. The number of fused-ring (bicyclic) bond motifs is 1. The van der Waals surface area contributed by atoms with E-state index in [1.807, 2.05) is 12.1 Å². The average Bonchev–Trinajstić information content (AvgIpc) is 2.87. The van der Waals surface area contributed by atoms with E-state index in [4.69, 9.17) is 11.6 Å². The molecule has 0 unspecified atom stereocenters. The van der Waals surface area contributed by atoms with Crippen LogP contribution in [0.15, 0.2) is 16.6 Å². The second-order valence-electron chi connectivity index (χ2n) is 3.68. The van der Waals surface area contributed by atoms with Crippen LogP contribution in [0.1, 0.15) is 24.6 Å². The van der Waals surface area contributed by atoms with Crippen molar-refractivity contribution in [3.63, 3.8) is 0 Å². The Kier molecular flexibility index (Phi) is 1.86. The van der Waals surface area contributed by atoms with E-state index in [1.54, 1.807) is 0 Å². The molecule has 1 aromatic carbocycles. The summed E-state index contributed by atoms with van der Waals surface area (Å²) in [5.74, 6) is 1.72. The summed E-state index contributed by atoms with van der Waals surface area (Å²) in [6.45, 7) is 0. The summed E-state index contributed by atoms with van der Waals surface area (Å²) in [6.07, 6.45) is 2.50. The van der Waals surface area contributed by atoms with Gasteiger partial charge in [0.1, 0.15) is 11.3 Å². The minimum Gasteiger partial charge on any atom is -0.342 e. The predicted molar refractivity (Wildman–Crippen MR) is 60.8 cm³/mol. The molecule has 1 aromatic heterocycles. The Bertz CT molecular complexity index is 502. The third kappa shape index (κ3) is 1.35. The quantitative estimate of drug-likeness (QED) is 0.838. The number of nitrogens with zero attached hydrogens (tertiary/aromatic N) is 1. The molecule has 1 N–H and O–H groups in total. The molecule has 1 saturated carbocycles. The summed E-state index contributed by atoms with van der Waals surface area (Å²) in [6, 6.07) is 3.89. The van der Waals surface area contributed by atoms with Gasteiger partial charge in [-0.15, -0.1) is 0 Å². The fraction of sp³-hybridized carbons (Fsp3) is 0.300. The summed E-state index contributed by atoms with van der Waals surface area (Å²) in [7, 11) is 0. The van der Waals surface area contributed by atoms with Gasteiger partial charge in [-0.2, -0.15) is 0 Å². The molecule has 72 valence electrons. The van der Waals surface area contributed by atoms with Gasteiger partial charge in [0.25, 0.3) is 0 Å². The molecule has 0 amide bonds. The van der Waals surface area contributed by atoms with E-state index in [0.29, 0.717) is 10.9 Å². The number of imidazole rings is 1. The molecule has 2 aromatic rings. The van der Waals surface area contributed by atoms with Crippen molar-refractivity contribution in [2.24, 2.45) is 0 Å². The largest absolute Gasteiger partial charge is 0.342 e. The maximum Gasteiger partial charge on any atom is 0.110 e. The van der Waals surface area contributed by atoms with Gasteiger partial charge < -0.3 is 4.98 Å². The van der Waals surface area contributed by atoms with Crippen LogP contribution in [0.2, 0.25) is 5.02 Å². The van der Waals surface area contributed by atoms with E-state index in [0.717, 1.165) is 21.3 Å². The highest BCUT2D eigenvalue weighted by atomic mass is 79.9. The molecule has 0 atom stereocenters. The Morgan fingerprint density at radius 1 is 1.43 bits per heavy atom. The predicted octanol–water partition coefficient (Wildman–Crippen LogP) is 3.86. The second kappa shape index (κ2) is 2.97. The number of hydrogen-bond donors (Lipinski definition) is 1. The highest BCUT2D eigenvalue weighted by molar-refractivity contribution is 9.10. The number of hydrogen-bond acceptors (Lipinski definition) is 1. The minimum atomic E-state index is 0.636. The molecule has 0 aliphatic heterocycles. The second-order valence-corrected chi connectivity index (χ2v) is 5.00. The van der Waals surface area contributed by atoms with Crippen LogP contribution >= 0.6 is 27.5 Å². The number of H-pyrrole nitrogens is 1. The van der Waals surface area contributed by atoms with E-state index in [2.05, 4.69) is 25.9 Å². The Labute approximate surface area is 94.8 Å². The Hall–Kier alpha value is -0.540.